The molecule has 2 rings (SSSR count). The van der Waals surface area contributed by atoms with E-state index in [1.807, 2.05) is 26.0 Å². The van der Waals surface area contributed by atoms with Crippen molar-refractivity contribution >= 4 is 5.95 Å². The number of hydrogen-bond donors (Lipinski definition) is 2. The fourth-order valence-corrected chi connectivity index (χ4v) is 1.61. The van der Waals surface area contributed by atoms with Gasteiger partial charge in [0.05, 0.1) is 11.6 Å². The number of aromatic nitrogens is 2. The van der Waals surface area contributed by atoms with E-state index in [9.17, 15) is 0 Å². The maximum atomic E-state index is 8.77. The molecule has 1 aromatic carbocycles. The van der Waals surface area contributed by atoms with Crippen molar-refractivity contribution in [3.05, 3.63) is 42.2 Å². The molecule has 1 aromatic heterocycles. The van der Waals surface area contributed by atoms with Crippen molar-refractivity contribution in [1.29, 1.82) is 5.26 Å². The van der Waals surface area contributed by atoms with Gasteiger partial charge in [0.15, 0.2) is 0 Å². The first-order valence-electron chi connectivity index (χ1n) is 6.33. The molecule has 0 fully saturated rings. The fraction of sp³-hybridized carbons (Fsp3) is 0.267. The average Bonchev–Trinajstić information content (AvgIpc) is 2.45. The minimum atomic E-state index is -0.310. The first-order chi connectivity index (χ1) is 9.48. The highest BCUT2D eigenvalue weighted by molar-refractivity contribution is 5.62. The highest BCUT2D eigenvalue weighted by Gasteiger charge is 2.10. The highest BCUT2D eigenvalue weighted by atomic mass is 15.1. The Morgan fingerprint density at radius 3 is 2.25 bits per heavy atom. The van der Waals surface area contributed by atoms with Crippen LogP contribution in [-0.4, -0.2) is 22.1 Å². The van der Waals surface area contributed by atoms with E-state index in [1.54, 1.807) is 24.5 Å². The maximum absolute atomic E-state index is 8.77. The third kappa shape index (κ3) is 3.77. The molecule has 0 radical (unpaired) electrons. The molecule has 5 heteroatoms. The van der Waals surface area contributed by atoms with Crippen molar-refractivity contribution in [2.45, 2.75) is 19.4 Å². The van der Waals surface area contributed by atoms with E-state index in [-0.39, 0.29) is 5.54 Å². The Hall–Kier alpha value is -2.45. The number of rotatable bonds is 4. The summed E-state index contributed by atoms with van der Waals surface area (Å²) >= 11 is 0. The first kappa shape index (κ1) is 14.0. The van der Waals surface area contributed by atoms with Crippen LogP contribution in [0.4, 0.5) is 5.95 Å². The van der Waals surface area contributed by atoms with Gasteiger partial charge in [-0.1, -0.05) is 12.1 Å². The van der Waals surface area contributed by atoms with Crippen LogP contribution in [0, 0.1) is 11.3 Å². The van der Waals surface area contributed by atoms with Crippen molar-refractivity contribution < 1.29 is 0 Å². The molecular formula is C15H17N5. The van der Waals surface area contributed by atoms with Gasteiger partial charge in [-0.3, -0.25) is 0 Å². The monoisotopic (exact) mass is 267 g/mol. The lowest BCUT2D eigenvalue weighted by Gasteiger charge is -2.18. The normalized spacial score (nSPS) is 10.9. The maximum Gasteiger partial charge on any atom is 0.222 e. The van der Waals surface area contributed by atoms with Crippen LogP contribution in [0.3, 0.4) is 0 Å². The average molecular weight is 267 g/mol. The third-order valence-corrected chi connectivity index (χ3v) is 2.70. The van der Waals surface area contributed by atoms with E-state index in [0.717, 1.165) is 11.1 Å². The van der Waals surface area contributed by atoms with Crippen LogP contribution in [0.15, 0.2) is 36.7 Å². The zero-order valence-corrected chi connectivity index (χ0v) is 11.6. The van der Waals surface area contributed by atoms with Crippen molar-refractivity contribution in [3.63, 3.8) is 0 Å². The van der Waals surface area contributed by atoms with E-state index < -0.39 is 0 Å². The molecule has 0 saturated heterocycles. The Bertz CT molecular complexity index is 603. The fourth-order valence-electron chi connectivity index (χ4n) is 1.61. The molecule has 0 saturated carbocycles. The number of benzene rings is 1. The van der Waals surface area contributed by atoms with Gasteiger partial charge in [-0.15, -0.1) is 0 Å². The van der Waals surface area contributed by atoms with Crippen molar-refractivity contribution in [2.75, 3.05) is 11.9 Å². The molecule has 2 aromatic rings. The van der Waals surface area contributed by atoms with Crippen LogP contribution in [0.2, 0.25) is 0 Å². The van der Waals surface area contributed by atoms with Gasteiger partial charge in [0.2, 0.25) is 5.95 Å². The summed E-state index contributed by atoms with van der Waals surface area (Å²) in [7, 11) is 0. The molecule has 0 spiro atoms. The standard InChI is InChI=1S/C15H17N5/c1-15(2,17)10-20-14-18-8-13(9-19-14)12-5-3-11(7-16)4-6-12/h3-6,8-9H,10,17H2,1-2H3,(H,18,19,20). The number of anilines is 1. The van der Waals surface area contributed by atoms with Gasteiger partial charge >= 0.3 is 0 Å². The molecule has 3 N–H and O–H groups in total. The Labute approximate surface area is 118 Å². The van der Waals surface area contributed by atoms with Gasteiger partial charge in [-0.05, 0) is 31.5 Å². The number of nitrogens with one attached hydrogen (secondary N) is 1. The molecule has 1 heterocycles. The summed E-state index contributed by atoms with van der Waals surface area (Å²) in [6, 6.07) is 9.41. The third-order valence-electron chi connectivity index (χ3n) is 2.70. The Morgan fingerprint density at radius 1 is 1.15 bits per heavy atom. The summed E-state index contributed by atoms with van der Waals surface area (Å²) in [6.07, 6.45) is 3.50. The van der Waals surface area contributed by atoms with Gasteiger partial charge in [-0.25, -0.2) is 9.97 Å². The topological polar surface area (TPSA) is 87.6 Å². The van der Waals surface area contributed by atoms with Gasteiger partial charge in [0, 0.05) is 30.0 Å². The molecule has 5 nitrogen and oxygen atoms in total. The quantitative estimate of drug-likeness (QED) is 0.886. The molecule has 0 aliphatic carbocycles. The Balaban J connectivity index is 2.09. The van der Waals surface area contributed by atoms with Crippen molar-refractivity contribution in [1.82, 2.24) is 9.97 Å². The largest absolute Gasteiger partial charge is 0.352 e. The van der Waals surface area contributed by atoms with E-state index in [1.165, 1.54) is 0 Å². The summed E-state index contributed by atoms with van der Waals surface area (Å²) in [5, 5.41) is 11.9. The summed E-state index contributed by atoms with van der Waals surface area (Å²) in [6.45, 7) is 4.47. The van der Waals surface area contributed by atoms with Gasteiger partial charge in [0.25, 0.3) is 0 Å². The Kier molecular flexibility index (Phi) is 3.97. The van der Waals surface area contributed by atoms with Gasteiger partial charge in [0.1, 0.15) is 0 Å². The minimum Gasteiger partial charge on any atom is -0.352 e. The molecule has 0 aliphatic rings. The van der Waals surface area contributed by atoms with Crippen LogP contribution >= 0.6 is 0 Å². The number of nitrogens with zero attached hydrogens (tertiary/aromatic N) is 3. The van der Waals surface area contributed by atoms with Gasteiger partial charge < -0.3 is 11.1 Å². The van der Waals surface area contributed by atoms with Crippen LogP contribution < -0.4 is 11.1 Å². The van der Waals surface area contributed by atoms with E-state index in [2.05, 4.69) is 21.4 Å². The lowest BCUT2D eigenvalue weighted by Crippen LogP contribution is -2.39. The van der Waals surface area contributed by atoms with Crippen LogP contribution in [0.1, 0.15) is 19.4 Å². The van der Waals surface area contributed by atoms with E-state index in [0.29, 0.717) is 18.1 Å². The second-order valence-electron chi connectivity index (χ2n) is 5.33. The lowest BCUT2D eigenvalue weighted by molar-refractivity contribution is 0.547. The molecule has 20 heavy (non-hydrogen) atoms. The van der Waals surface area contributed by atoms with Crippen LogP contribution in [0.25, 0.3) is 11.1 Å². The molecule has 0 aliphatic heterocycles. The first-order valence-corrected chi connectivity index (χ1v) is 6.33. The highest BCUT2D eigenvalue weighted by Crippen LogP contribution is 2.18. The molecule has 0 amide bonds. The molecule has 0 unspecified atom stereocenters. The summed E-state index contributed by atoms with van der Waals surface area (Å²) in [4.78, 5) is 8.52. The summed E-state index contributed by atoms with van der Waals surface area (Å²) < 4.78 is 0. The van der Waals surface area contributed by atoms with Crippen molar-refractivity contribution in [2.24, 2.45) is 5.73 Å². The molecule has 0 atom stereocenters. The SMILES string of the molecule is CC(C)(N)CNc1ncc(-c2ccc(C#N)cc2)cn1. The summed E-state index contributed by atoms with van der Waals surface area (Å²) in [5.41, 5.74) is 8.10. The zero-order chi connectivity index (χ0) is 14.6. The van der Waals surface area contributed by atoms with Crippen LogP contribution in [0.5, 0.6) is 0 Å². The van der Waals surface area contributed by atoms with Gasteiger partial charge in [-0.2, -0.15) is 5.26 Å². The molecular weight excluding hydrogens is 250 g/mol. The molecule has 102 valence electrons. The van der Waals surface area contributed by atoms with E-state index in [4.69, 9.17) is 11.0 Å². The number of hydrogen-bond acceptors (Lipinski definition) is 5. The molecule has 0 bridgehead atoms. The number of nitrogens with two attached hydrogens (primary N) is 1. The van der Waals surface area contributed by atoms with Crippen molar-refractivity contribution in [3.8, 4) is 17.2 Å². The number of nitriles is 1. The van der Waals surface area contributed by atoms with Crippen LogP contribution in [-0.2, 0) is 0 Å². The Morgan fingerprint density at radius 2 is 1.75 bits per heavy atom. The summed E-state index contributed by atoms with van der Waals surface area (Å²) in [5.74, 6) is 0.556. The zero-order valence-electron chi connectivity index (χ0n) is 11.6. The predicted molar refractivity (Wildman–Crippen MR) is 78.9 cm³/mol. The second kappa shape index (κ2) is 5.68. The van der Waals surface area contributed by atoms with E-state index >= 15 is 0 Å². The predicted octanol–water partition coefficient (Wildman–Crippen LogP) is 2.16. The lowest BCUT2D eigenvalue weighted by atomic mass is 10.1. The minimum absolute atomic E-state index is 0.310. The smallest absolute Gasteiger partial charge is 0.222 e. The second-order valence-corrected chi connectivity index (χ2v) is 5.33.